The molecule has 6 nitrogen and oxygen atoms in total. The maximum Gasteiger partial charge on any atom is 0.251 e. The second-order valence-electron chi connectivity index (χ2n) is 6.13. The molecule has 2 rings (SSSR count). The lowest BCUT2D eigenvalue weighted by Crippen LogP contribution is -2.25. The van der Waals surface area contributed by atoms with Crippen LogP contribution in [0.25, 0.3) is 0 Å². The molecule has 0 aliphatic rings. The summed E-state index contributed by atoms with van der Waals surface area (Å²) < 4.78 is 5.12. The van der Waals surface area contributed by atoms with Crippen molar-refractivity contribution in [2.45, 2.75) is 48.6 Å². The van der Waals surface area contributed by atoms with E-state index in [1.807, 2.05) is 6.92 Å². The first-order chi connectivity index (χ1) is 12.9. The fourth-order valence-electron chi connectivity index (χ4n) is 2.22. The Bertz CT molecular complexity index is 807. The Kier molecular flexibility index (Phi) is 8.24. The van der Waals surface area contributed by atoms with E-state index in [2.05, 4.69) is 29.1 Å². The van der Waals surface area contributed by atoms with Crippen molar-refractivity contribution in [2.24, 2.45) is 0 Å². The second-order valence-corrected chi connectivity index (χ2v) is 8.89. The number of thioether (sulfide) groups is 2. The highest BCUT2D eigenvalue weighted by Crippen LogP contribution is 2.24. The van der Waals surface area contributed by atoms with Gasteiger partial charge in [-0.3, -0.25) is 9.59 Å². The molecule has 1 atom stereocenters. The number of carbonyl (C=O) groups is 1. The van der Waals surface area contributed by atoms with Gasteiger partial charge in [-0.05, 0) is 35.9 Å². The lowest BCUT2D eigenvalue weighted by Gasteiger charge is -2.15. The van der Waals surface area contributed by atoms with Crippen LogP contribution >= 0.6 is 23.5 Å². The standard InChI is InChI=1S/C19H25N3O3S2/c1-5-16(18(24)20-13-6-8-15(25-4)9-7-13)27-19-21-14(10-17(23)22-19)11-26-12(2)3/h6-10,12,16H,5,11H2,1-4H3,(H,20,24)(H,21,22,23). The molecule has 0 aliphatic carbocycles. The number of aromatic amines is 1. The van der Waals surface area contributed by atoms with Crippen molar-refractivity contribution >= 4 is 35.1 Å². The maximum atomic E-state index is 12.6. The van der Waals surface area contributed by atoms with Gasteiger partial charge in [0.15, 0.2) is 5.16 Å². The number of amides is 1. The minimum atomic E-state index is -0.358. The molecule has 0 aliphatic heterocycles. The molecule has 0 fully saturated rings. The number of rotatable bonds is 9. The lowest BCUT2D eigenvalue weighted by atomic mass is 10.2. The van der Waals surface area contributed by atoms with Crippen molar-refractivity contribution in [3.8, 4) is 5.75 Å². The molecule has 0 spiro atoms. The Hall–Kier alpha value is -1.93. The molecule has 2 aromatic rings. The van der Waals surface area contributed by atoms with Gasteiger partial charge in [0, 0.05) is 17.5 Å². The highest BCUT2D eigenvalue weighted by atomic mass is 32.2. The number of aromatic nitrogens is 2. The summed E-state index contributed by atoms with van der Waals surface area (Å²) in [5.41, 5.74) is 1.23. The van der Waals surface area contributed by atoms with Crippen LogP contribution in [0, 0.1) is 0 Å². The molecule has 27 heavy (non-hydrogen) atoms. The Labute approximate surface area is 167 Å². The number of hydrogen-bond donors (Lipinski definition) is 2. The van der Waals surface area contributed by atoms with E-state index in [0.29, 0.717) is 28.3 Å². The van der Waals surface area contributed by atoms with Crippen LogP contribution in [-0.4, -0.2) is 33.5 Å². The quantitative estimate of drug-likeness (QED) is 0.484. The summed E-state index contributed by atoms with van der Waals surface area (Å²) in [6.45, 7) is 6.14. The molecule has 0 saturated heterocycles. The first-order valence-corrected chi connectivity index (χ1v) is 10.7. The number of hydrogen-bond acceptors (Lipinski definition) is 6. The number of anilines is 1. The van der Waals surface area contributed by atoms with Crippen molar-refractivity contribution in [3.05, 3.63) is 46.4 Å². The molecule has 0 saturated carbocycles. The van der Waals surface area contributed by atoms with Gasteiger partial charge in [0.1, 0.15) is 5.75 Å². The van der Waals surface area contributed by atoms with Crippen LogP contribution in [0.15, 0.2) is 40.3 Å². The zero-order valence-corrected chi connectivity index (χ0v) is 17.6. The Morgan fingerprint density at radius 3 is 2.59 bits per heavy atom. The van der Waals surface area contributed by atoms with Crippen LogP contribution in [0.4, 0.5) is 5.69 Å². The average molecular weight is 408 g/mol. The monoisotopic (exact) mass is 407 g/mol. The Morgan fingerprint density at radius 2 is 2.00 bits per heavy atom. The van der Waals surface area contributed by atoms with E-state index >= 15 is 0 Å². The number of nitrogens with one attached hydrogen (secondary N) is 2. The van der Waals surface area contributed by atoms with E-state index in [1.54, 1.807) is 43.1 Å². The van der Waals surface area contributed by atoms with Crippen molar-refractivity contribution in [3.63, 3.8) is 0 Å². The van der Waals surface area contributed by atoms with Crippen LogP contribution in [0.5, 0.6) is 5.75 Å². The van der Waals surface area contributed by atoms with Crippen molar-refractivity contribution in [1.82, 2.24) is 9.97 Å². The van der Waals surface area contributed by atoms with Crippen LogP contribution in [0.2, 0.25) is 0 Å². The highest BCUT2D eigenvalue weighted by Gasteiger charge is 2.20. The minimum absolute atomic E-state index is 0.128. The predicted molar refractivity (Wildman–Crippen MR) is 113 cm³/mol. The van der Waals surface area contributed by atoms with Crippen molar-refractivity contribution in [2.75, 3.05) is 12.4 Å². The van der Waals surface area contributed by atoms with Crippen molar-refractivity contribution in [1.29, 1.82) is 0 Å². The summed E-state index contributed by atoms with van der Waals surface area (Å²) in [7, 11) is 1.60. The second kappa shape index (κ2) is 10.4. The highest BCUT2D eigenvalue weighted by molar-refractivity contribution is 8.00. The molecule has 146 valence electrons. The van der Waals surface area contributed by atoms with Crippen LogP contribution in [0.1, 0.15) is 32.9 Å². The van der Waals surface area contributed by atoms with E-state index in [-0.39, 0.29) is 16.7 Å². The number of nitrogens with zero attached hydrogens (tertiary/aromatic N) is 1. The largest absolute Gasteiger partial charge is 0.497 e. The molecule has 0 radical (unpaired) electrons. The molecule has 1 amide bonds. The number of benzene rings is 1. The number of carbonyl (C=O) groups excluding carboxylic acids is 1. The van der Waals surface area contributed by atoms with Gasteiger partial charge in [0.2, 0.25) is 5.91 Å². The summed E-state index contributed by atoms with van der Waals surface area (Å²) in [5, 5.41) is 3.47. The molecule has 8 heteroatoms. The first kappa shape index (κ1) is 21.4. The number of methoxy groups -OCH3 is 1. The van der Waals surface area contributed by atoms with E-state index in [4.69, 9.17) is 4.74 Å². The summed E-state index contributed by atoms with van der Waals surface area (Å²) >= 11 is 3.00. The Balaban J connectivity index is 2.06. The van der Waals surface area contributed by atoms with E-state index in [0.717, 1.165) is 11.4 Å². The van der Waals surface area contributed by atoms with Gasteiger partial charge >= 0.3 is 0 Å². The van der Waals surface area contributed by atoms with Gasteiger partial charge in [0.25, 0.3) is 5.56 Å². The molecule has 1 heterocycles. The maximum absolute atomic E-state index is 12.6. The zero-order valence-electron chi connectivity index (χ0n) is 15.9. The smallest absolute Gasteiger partial charge is 0.251 e. The van der Waals surface area contributed by atoms with Crippen molar-refractivity contribution < 1.29 is 9.53 Å². The molecule has 2 N–H and O–H groups in total. The molecule has 1 aromatic heterocycles. The average Bonchev–Trinajstić information content (AvgIpc) is 2.64. The fourth-order valence-corrected chi connectivity index (χ4v) is 3.80. The predicted octanol–water partition coefficient (Wildman–Crippen LogP) is 3.93. The van der Waals surface area contributed by atoms with E-state index in [1.165, 1.54) is 17.8 Å². The third-order valence-corrected chi connectivity index (χ3v) is 5.99. The van der Waals surface area contributed by atoms with Crippen LogP contribution < -0.4 is 15.6 Å². The first-order valence-electron chi connectivity index (χ1n) is 8.74. The van der Waals surface area contributed by atoms with E-state index in [9.17, 15) is 9.59 Å². The normalized spacial score (nSPS) is 12.0. The summed E-state index contributed by atoms with van der Waals surface area (Å²) in [5.74, 6) is 1.27. The summed E-state index contributed by atoms with van der Waals surface area (Å²) in [6.07, 6.45) is 0.612. The fraction of sp³-hybridized carbons (Fsp3) is 0.421. The van der Waals surface area contributed by atoms with Gasteiger partial charge in [-0.15, -0.1) is 0 Å². The lowest BCUT2D eigenvalue weighted by molar-refractivity contribution is -0.115. The summed E-state index contributed by atoms with van der Waals surface area (Å²) in [6, 6.07) is 8.67. The number of ether oxygens (including phenoxy) is 1. The molecular weight excluding hydrogens is 382 g/mol. The van der Waals surface area contributed by atoms with Crippen LogP contribution in [-0.2, 0) is 10.5 Å². The van der Waals surface area contributed by atoms with Crippen LogP contribution in [0.3, 0.4) is 0 Å². The van der Waals surface area contributed by atoms with Gasteiger partial charge in [-0.1, -0.05) is 32.5 Å². The molecular formula is C19H25N3O3S2. The molecule has 1 unspecified atom stereocenters. The number of H-pyrrole nitrogens is 1. The topological polar surface area (TPSA) is 84.1 Å². The minimum Gasteiger partial charge on any atom is -0.497 e. The molecule has 1 aromatic carbocycles. The van der Waals surface area contributed by atoms with Gasteiger partial charge in [-0.25, -0.2) is 4.98 Å². The summed E-state index contributed by atoms with van der Waals surface area (Å²) in [4.78, 5) is 31.7. The molecule has 0 bridgehead atoms. The van der Waals surface area contributed by atoms with Gasteiger partial charge in [-0.2, -0.15) is 11.8 Å². The Morgan fingerprint density at radius 1 is 1.30 bits per heavy atom. The van der Waals surface area contributed by atoms with E-state index < -0.39 is 0 Å². The third-order valence-electron chi connectivity index (χ3n) is 3.61. The zero-order chi connectivity index (χ0) is 19.8. The SMILES string of the molecule is CCC(Sc1nc(CSC(C)C)cc(=O)[nH]1)C(=O)Nc1ccc(OC)cc1. The van der Waals surface area contributed by atoms with Gasteiger partial charge in [0.05, 0.1) is 18.1 Å². The van der Waals surface area contributed by atoms with Gasteiger partial charge < -0.3 is 15.0 Å². The third kappa shape index (κ3) is 6.95.